The third-order valence-corrected chi connectivity index (χ3v) is 7.75. The summed E-state index contributed by atoms with van der Waals surface area (Å²) in [7, 11) is 0. The van der Waals surface area contributed by atoms with Crippen molar-refractivity contribution >= 4 is 33.3 Å². The fourth-order valence-corrected chi connectivity index (χ4v) is 5.93. The van der Waals surface area contributed by atoms with Gasteiger partial charge in [0.2, 0.25) is 0 Å². The molecule has 0 saturated carbocycles. The van der Waals surface area contributed by atoms with Gasteiger partial charge in [0.05, 0.1) is 16.5 Å². The van der Waals surface area contributed by atoms with E-state index in [-0.39, 0.29) is 5.92 Å². The van der Waals surface area contributed by atoms with Gasteiger partial charge in [0, 0.05) is 41.3 Å². The van der Waals surface area contributed by atoms with Crippen LogP contribution in [0.25, 0.3) is 32.6 Å². The molecule has 1 atom stereocenters. The van der Waals surface area contributed by atoms with E-state index in [1.807, 2.05) is 60.8 Å². The second-order valence-corrected chi connectivity index (χ2v) is 9.96. The maximum atomic E-state index is 11.7. The van der Waals surface area contributed by atoms with E-state index >= 15 is 0 Å². The van der Waals surface area contributed by atoms with Crippen molar-refractivity contribution in [1.29, 1.82) is 0 Å². The Kier molecular flexibility index (Phi) is 5.91. The lowest BCUT2D eigenvalue weighted by Crippen LogP contribution is -2.38. The number of para-hydroxylation sites is 1. The van der Waals surface area contributed by atoms with Gasteiger partial charge in [-0.3, -0.25) is 4.79 Å². The number of carboxylic acids is 1. The molecule has 6 nitrogen and oxygen atoms in total. The Morgan fingerprint density at radius 3 is 2.61 bits per heavy atom. The lowest BCUT2D eigenvalue weighted by Gasteiger charge is -2.30. The molecule has 0 aliphatic carbocycles. The van der Waals surface area contributed by atoms with E-state index in [0.717, 1.165) is 62.2 Å². The van der Waals surface area contributed by atoms with Crippen LogP contribution in [0.5, 0.6) is 11.5 Å². The van der Waals surface area contributed by atoms with Gasteiger partial charge >= 0.3 is 5.97 Å². The van der Waals surface area contributed by atoms with E-state index < -0.39 is 5.97 Å². The molecule has 180 valence electrons. The highest BCUT2D eigenvalue weighted by Crippen LogP contribution is 2.44. The van der Waals surface area contributed by atoms with Crippen molar-refractivity contribution in [3.8, 4) is 33.2 Å². The van der Waals surface area contributed by atoms with Gasteiger partial charge in [0.1, 0.15) is 11.5 Å². The van der Waals surface area contributed by atoms with Gasteiger partial charge in [-0.2, -0.15) is 0 Å². The van der Waals surface area contributed by atoms with Gasteiger partial charge in [-0.15, -0.1) is 0 Å². The smallest absolute Gasteiger partial charge is 0.308 e. The van der Waals surface area contributed by atoms with E-state index in [1.165, 1.54) is 0 Å². The number of nitrogens with zero attached hydrogens (tertiary/aromatic N) is 2. The number of carboxylic acid groups (broad SMARTS) is 1. The summed E-state index contributed by atoms with van der Waals surface area (Å²) < 4.78 is 5.98. The first-order valence-electron chi connectivity index (χ1n) is 12.0. The van der Waals surface area contributed by atoms with E-state index in [0.29, 0.717) is 13.0 Å². The summed E-state index contributed by atoms with van der Waals surface area (Å²) >= 11 is 1.63. The van der Waals surface area contributed by atoms with Crippen molar-refractivity contribution in [3.05, 3.63) is 85.1 Å². The molecule has 2 N–H and O–H groups in total. The summed E-state index contributed by atoms with van der Waals surface area (Å²) in [5, 5.41) is 11.6. The van der Waals surface area contributed by atoms with Crippen LogP contribution in [0.1, 0.15) is 12.8 Å². The first-order valence-corrected chi connectivity index (χ1v) is 12.9. The van der Waals surface area contributed by atoms with Crippen LogP contribution >= 0.6 is 11.3 Å². The normalized spacial score (nSPS) is 15.8. The Morgan fingerprint density at radius 2 is 1.81 bits per heavy atom. The third kappa shape index (κ3) is 4.33. The number of thiazole rings is 1. The van der Waals surface area contributed by atoms with Crippen LogP contribution in [0.3, 0.4) is 0 Å². The molecule has 1 aliphatic rings. The lowest BCUT2D eigenvalue weighted by molar-refractivity contribution is -0.141. The second kappa shape index (κ2) is 9.51. The summed E-state index contributed by atoms with van der Waals surface area (Å²) in [6.07, 6.45) is 3.51. The summed E-state index contributed by atoms with van der Waals surface area (Å²) in [4.78, 5) is 23.2. The number of carbonyl (C=O) groups is 1. The zero-order valence-corrected chi connectivity index (χ0v) is 20.4. The van der Waals surface area contributed by atoms with Crippen LogP contribution in [-0.4, -0.2) is 34.1 Å². The fourth-order valence-electron chi connectivity index (χ4n) is 4.76. The maximum Gasteiger partial charge on any atom is 0.308 e. The fraction of sp³-hybridized carbons (Fsp3) is 0.172. The highest BCUT2D eigenvalue weighted by Gasteiger charge is 2.28. The Balaban J connectivity index is 1.40. The number of aromatic amines is 1. The number of hydrogen-bond acceptors (Lipinski definition) is 5. The molecule has 0 radical (unpaired) electrons. The standard InChI is InChI=1S/C29H25N3O3S/c33-28(34)20-6-5-17-32(18-20)29-31-26(27(36-29)24-9-4-10-25-23(24)15-16-30-25)19-11-13-22(14-12-19)35-21-7-2-1-3-8-21/h1-4,7-16,20,30H,5-6,17-18H2,(H,33,34). The van der Waals surface area contributed by atoms with Crippen LogP contribution < -0.4 is 9.64 Å². The molecule has 0 bridgehead atoms. The highest BCUT2D eigenvalue weighted by atomic mass is 32.1. The first kappa shape index (κ1) is 22.4. The SMILES string of the molecule is O=C(O)C1CCCN(c2nc(-c3ccc(Oc4ccccc4)cc3)c(-c3cccc4[nH]ccc34)s2)C1. The van der Waals surface area contributed by atoms with Crippen molar-refractivity contribution in [2.45, 2.75) is 12.8 Å². The number of fused-ring (bicyclic) bond motifs is 1. The van der Waals surface area contributed by atoms with Gasteiger partial charge in [0.25, 0.3) is 0 Å². The Bertz CT molecular complexity index is 1510. The van der Waals surface area contributed by atoms with E-state index in [9.17, 15) is 9.90 Å². The molecular formula is C29H25N3O3S. The number of rotatable bonds is 6. The minimum Gasteiger partial charge on any atom is -0.481 e. The topological polar surface area (TPSA) is 78.4 Å². The Morgan fingerprint density at radius 1 is 1.00 bits per heavy atom. The van der Waals surface area contributed by atoms with Crippen molar-refractivity contribution in [2.75, 3.05) is 18.0 Å². The summed E-state index contributed by atoms with van der Waals surface area (Å²) in [5.41, 5.74) is 4.08. The van der Waals surface area contributed by atoms with Gasteiger partial charge in [0.15, 0.2) is 5.13 Å². The van der Waals surface area contributed by atoms with E-state index in [4.69, 9.17) is 9.72 Å². The molecule has 3 heterocycles. The molecular weight excluding hydrogens is 470 g/mol. The zero-order valence-electron chi connectivity index (χ0n) is 19.6. The molecule has 5 aromatic rings. The highest BCUT2D eigenvalue weighted by molar-refractivity contribution is 7.19. The largest absolute Gasteiger partial charge is 0.481 e. The average Bonchev–Trinajstić information content (AvgIpc) is 3.58. The Labute approximate surface area is 212 Å². The van der Waals surface area contributed by atoms with E-state index in [1.54, 1.807) is 11.3 Å². The molecule has 2 aromatic heterocycles. The van der Waals surface area contributed by atoms with Crippen LogP contribution in [0.15, 0.2) is 85.1 Å². The molecule has 1 aliphatic heterocycles. The summed E-state index contributed by atoms with van der Waals surface area (Å²) in [5.74, 6) is 0.453. The lowest BCUT2D eigenvalue weighted by atomic mass is 9.99. The van der Waals surface area contributed by atoms with Crippen LogP contribution in [-0.2, 0) is 4.79 Å². The second-order valence-electron chi connectivity index (χ2n) is 8.98. The number of hydrogen-bond donors (Lipinski definition) is 2. The molecule has 36 heavy (non-hydrogen) atoms. The molecule has 1 unspecified atom stereocenters. The minimum atomic E-state index is -0.734. The number of nitrogens with one attached hydrogen (secondary N) is 1. The van der Waals surface area contributed by atoms with Crippen LogP contribution in [0.4, 0.5) is 5.13 Å². The number of H-pyrrole nitrogens is 1. The predicted molar refractivity (Wildman–Crippen MR) is 144 cm³/mol. The molecule has 6 rings (SSSR count). The molecule has 3 aromatic carbocycles. The number of ether oxygens (including phenoxy) is 1. The summed E-state index contributed by atoms with van der Waals surface area (Å²) in [6.45, 7) is 1.30. The zero-order chi connectivity index (χ0) is 24.5. The van der Waals surface area contributed by atoms with Crippen molar-refractivity contribution < 1.29 is 14.6 Å². The Hall–Kier alpha value is -4.10. The summed E-state index contributed by atoms with van der Waals surface area (Å²) in [6, 6.07) is 26.0. The minimum absolute atomic E-state index is 0.364. The molecule has 0 spiro atoms. The quantitative estimate of drug-likeness (QED) is 0.264. The predicted octanol–water partition coefficient (Wildman–Crippen LogP) is 7.05. The molecule has 1 fully saturated rings. The first-order chi connectivity index (χ1) is 17.7. The van der Waals surface area contributed by atoms with Gasteiger partial charge in [-0.05, 0) is 61.4 Å². The number of aromatic nitrogens is 2. The van der Waals surface area contributed by atoms with Crippen LogP contribution in [0, 0.1) is 5.92 Å². The average molecular weight is 496 g/mol. The monoisotopic (exact) mass is 495 g/mol. The molecule has 1 saturated heterocycles. The number of anilines is 1. The van der Waals surface area contributed by atoms with Crippen molar-refractivity contribution in [3.63, 3.8) is 0 Å². The number of benzene rings is 3. The van der Waals surface area contributed by atoms with Gasteiger partial charge < -0.3 is 19.7 Å². The number of piperidine rings is 1. The molecule has 0 amide bonds. The number of aliphatic carboxylic acids is 1. The van der Waals surface area contributed by atoms with Crippen molar-refractivity contribution in [2.24, 2.45) is 5.92 Å². The maximum absolute atomic E-state index is 11.7. The van der Waals surface area contributed by atoms with Gasteiger partial charge in [-0.1, -0.05) is 41.7 Å². The molecule has 7 heteroatoms. The van der Waals surface area contributed by atoms with Gasteiger partial charge in [-0.25, -0.2) is 4.98 Å². The third-order valence-electron chi connectivity index (χ3n) is 6.60. The van der Waals surface area contributed by atoms with Crippen molar-refractivity contribution in [1.82, 2.24) is 9.97 Å². The van der Waals surface area contributed by atoms with Crippen LogP contribution in [0.2, 0.25) is 0 Å². The van der Waals surface area contributed by atoms with E-state index in [2.05, 4.69) is 34.1 Å².